The van der Waals surface area contributed by atoms with E-state index in [0.29, 0.717) is 0 Å². The number of hydrogen-bond acceptors (Lipinski definition) is 2. The Hall–Kier alpha value is 0.920. The van der Waals surface area contributed by atoms with Crippen molar-refractivity contribution in [3.05, 3.63) is 0 Å². The Kier molecular flexibility index (Phi) is 6.87. The molecule has 12 heavy (non-hydrogen) atoms. The fourth-order valence-corrected chi connectivity index (χ4v) is 2.37. The van der Waals surface area contributed by atoms with Crippen LogP contribution >= 0.6 is 17.9 Å². The van der Waals surface area contributed by atoms with Crippen molar-refractivity contribution in [1.82, 2.24) is 0 Å². The van der Waals surface area contributed by atoms with Gasteiger partial charge in [-0.1, -0.05) is 38.9 Å². The molecule has 0 aliphatic rings. The van der Waals surface area contributed by atoms with E-state index in [9.17, 15) is 4.89 Å². The first-order valence-electron chi connectivity index (χ1n) is 4.23. The second-order valence-electron chi connectivity index (χ2n) is 2.77. The van der Waals surface area contributed by atoms with E-state index in [-0.39, 0.29) is 6.10 Å². The van der Waals surface area contributed by atoms with Crippen LogP contribution in [0.3, 0.4) is 0 Å². The van der Waals surface area contributed by atoms with Gasteiger partial charge in [-0.15, -0.1) is 0 Å². The van der Waals surface area contributed by atoms with Crippen molar-refractivity contribution in [2.24, 2.45) is 0 Å². The van der Waals surface area contributed by atoms with Gasteiger partial charge in [0.25, 0.3) is 0 Å². The van der Waals surface area contributed by atoms with Crippen molar-refractivity contribution in [1.29, 1.82) is 0 Å². The van der Waals surface area contributed by atoms with Gasteiger partial charge in [-0.05, 0) is 24.6 Å². The van der Waals surface area contributed by atoms with Crippen LogP contribution in [0.5, 0.6) is 0 Å². The summed E-state index contributed by atoms with van der Waals surface area (Å²) < 4.78 is 5.23. The molecule has 0 radical (unpaired) electrons. The molecule has 0 aromatic rings. The standard InChI is InChI=1S/C7H17O2PS2/c1-3-5-6-7(4-2)9-10(8,11)12/h7H,3-6H2,1-2H3,(H2,8,11,12). The van der Waals surface area contributed by atoms with Gasteiger partial charge in [-0.25, -0.2) is 0 Å². The van der Waals surface area contributed by atoms with Crippen LogP contribution in [-0.2, 0) is 16.3 Å². The predicted octanol–water partition coefficient (Wildman–Crippen LogP) is 3.12. The summed E-state index contributed by atoms with van der Waals surface area (Å²) >= 11 is 8.52. The minimum absolute atomic E-state index is 0.0817. The van der Waals surface area contributed by atoms with Crippen molar-refractivity contribution < 1.29 is 9.42 Å². The SMILES string of the molecule is CCCCC(CC)OP(O)(=S)S. The molecule has 2 unspecified atom stereocenters. The lowest BCUT2D eigenvalue weighted by Crippen LogP contribution is -2.08. The molecule has 2 nitrogen and oxygen atoms in total. The average molecular weight is 228 g/mol. The fourth-order valence-electron chi connectivity index (χ4n) is 0.957. The van der Waals surface area contributed by atoms with Crippen LogP contribution in [0.25, 0.3) is 0 Å². The molecule has 0 saturated heterocycles. The van der Waals surface area contributed by atoms with E-state index in [4.69, 9.17) is 4.52 Å². The van der Waals surface area contributed by atoms with Gasteiger partial charge >= 0.3 is 0 Å². The van der Waals surface area contributed by atoms with Crippen LogP contribution in [-0.4, -0.2) is 11.0 Å². The first-order valence-corrected chi connectivity index (χ1v) is 8.06. The lowest BCUT2D eigenvalue weighted by molar-refractivity contribution is 0.190. The molecule has 0 rings (SSSR count). The topological polar surface area (TPSA) is 29.5 Å². The first-order chi connectivity index (χ1) is 5.49. The minimum atomic E-state index is -2.75. The van der Waals surface area contributed by atoms with E-state index in [2.05, 4.69) is 31.0 Å². The molecule has 0 aliphatic carbocycles. The second-order valence-corrected chi connectivity index (χ2v) is 7.88. The molecule has 74 valence electrons. The molecule has 1 N–H and O–H groups in total. The molecule has 0 amide bonds. The van der Waals surface area contributed by atoms with Crippen LogP contribution in [0.1, 0.15) is 39.5 Å². The van der Waals surface area contributed by atoms with E-state index in [1.165, 1.54) is 0 Å². The van der Waals surface area contributed by atoms with Gasteiger partial charge in [0.2, 0.25) is 5.69 Å². The van der Waals surface area contributed by atoms with Crippen LogP contribution in [0.2, 0.25) is 0 Å². The Bertz CT molecular complexity index is 157. The fraction of sp³-hybridized carbons (Fsp3) is 1.00. The molecular weight excluding hydrogens is 211 g/mol. The summed E-state index contributed by atoms with van der Waals surface area (Å²) in [5.41, 5.74) is -2.75. The number of hydrogen-bond donors (Lipinski definition) is 2. The summed E-state index contributed by atoms with van der Waals surface area (Å²) in [6.07, 6.45) is 4.19. The number of unbranched alkanes of at least 4 members (excludes halogenated alkanes) is 1. The van der Waals surface area contributed by atoms with Crippen LogP contribution in [0.4, 0.5) is 0 Å². The van der Waals surface area contributed by atoms with Crippen molar-refractivity contribution in [2.45, 2.75) is 45.6 Å². The van der Waals surface area contributed by atoms with Gasteiger partial charge in [0.1, 0.15) is 0 Å². The van der Waals surface area contributed by atoms with Crippen molar-refractivity contribution in [3.8, 4) is 0 Å². The Balaban J connectivity index is 3.75. The highest BCUT2D eigenvalue weighted by molar-refractivity contribution is 8.59. The number of thiol groups is 1. The molecule has 2 atom stereocenters. The highest BCUT2D eigenvalue weighted by Gasteiger charge is 2.14. The molecule has 0 fully saturated rings. The molecule has 5 heteroatoms. The Morgan fingerprint density at radius 1 is 1.58 bits per heavy atom. The predicted molar refractivity (Wildman–Crippen MR) is 60.2 cm³/mol. The van der Waals surface area contributed by atoms with Crippen molar-refractivity contribution in [3.63, 3.8) is 0 Å². The van der Waals surface area contributed by atoms with Gasteiger partial charge in [0, 0.05) is 0 Å². The smallest absolute Gasteiger partial charge is 0.241 e. The summed E-state index contributed by atoms with van der Waals surface area (Å²) in [7, 11) is 0. The van der Waals surface area contributed by atoms with Gasteiger partial charge in [-0.2, -0.15) is 0 Å². The Morgan fingerprint density at radius 2 is 2.17 bits per heavy atom. The highest BCUT2D eigenvalue weighted by Crippen LogP contribution is 2.49. The molecule has 0 bridgehead atoms. The zero-order chi connectivity index (χ0) is 9.61. The molecule has 0 heterocycles. The van der Waals surface area contributed by atoms with E-state index in [0.717, 1.165) is 25.7 Å². The highest BCUT2D eigenvalue weighted by atomic mass is 32.9. The van der Waals surface area contributed by atoms with Crippen molar-refractivity contribution in [2.75, 3.05) is 0 Å². The van der Waals surface area contributed by atoms with Gasteiger partial charge in [0.15, 0.2) is 0 Å². The first kappa shape index (κ1) is 12.9. The molecular formula is C7H17O2PS2. The maximum absolute atomic E-state index is 9.19. The summed E-state index contributed by atoms with van der Waals surface area (Å²) in [5.74, 6) is 0. The van der Waals surface area contributed by atoms with E-state index < -0.39 is 5.69 Å². The third-order valence-corrected chi connectivity index (χ3v) is 2.74. The number of rotatable bonds is 6. The van der Waals surface area contributed by atoms with Gasteiger partial charge in [-0.3, -0.25) is 0 Å². The van der Waals surface area contributed by atoms with E-state index in [1.807, 2.05) is 6.92 Å². The zero-order valence-electron chi connectivity index (χ0n) is 7.56. The maximum Gasteiger partial charge on any atom is 0.241 e. The van der Waals surface area contributed by atoms with Crippen molar-refractivity contribution >= 4 is 29.7 Å². The monoisotopic (exact) mass is 228 g/mol. The van der Waals surface area contributed by atoms with Gasteiger partial charge in [0.05, 0.1) is 6.10 Å². The quantitative estimate of drug-likeness (QED) is 0.540. The molecule has 0 aromatic carbocycles. The Morgan fingerprint density at radius 3 is 2.50 bits per heavy atom. The molecule has 0 spiro atoms. The summed E-state index contributed by atoms with van der Waals surface area (Å²) in [6, 6.07) is 0. The third-order valence-electron chi connectivity index (χ3n) is 1.62. The third kappa shape index (κ3) is 7.56. The molecule has 0 saturated carbocycles. The zero-order valence-corrected chi connectivity index (χ0v) is 10.2. The van der Waals surface area contributed by atoms with Crippen LogP contribution in [0, 0.1) is 0 Å². The van der Waals surface area contributed by atoms with Gasteiger partial charge < -0.3 is 9.42 Å². The van der Waals surface area contributed by atoms with Crippen LogP contribution < -0.4 is 0 Å². The summed E-state index contributed by atoms with van der Waals surface area (Å²) in [4.78, 5) is 9.19. The molecule has 0 aliphatic heterocycles. The summed E-state index contributed by atoms with van der Waals surface area (Å²) in [6.45, 7) is 4.15. The van der Waals surface area contributed by atoms with E-state index >= 15 is 0 Å². The van der Waals surface area contributed by atoms with Crippen LogP contribution in [0.15, 0.2) is 0 Å². The van der Waals surface area contributed by atoms with E-state index in [1.54, 1.807) is 0 Å². The second kappa shape index (κ2) is 6.39. The Labute approximate surface area is 85.0 Å². The summed E-state index contributed by atoms with van der Waals surface area (Å²) in [5, 5.41) is 0. The average Bonchev–Trinajstić information content (AvgIpc) is 1.95. The largest absolute Gasteiger partial charge is 0.338 e. The lowest BCUT2D eigenvalue weighted by atomic mass is 10.1. The minimum Gasteiger partial charge on any atom is -0.338 e. The lowest BCUT2D eigenvalue weighted by Gasteiger charge is -2.18. The maximum atomic E-state index is 9.19. The molecule has 0 aromatic heterocycles. The normalized spacial score (nSPS) is 18.7.